The molecule has 162 valence electrons. The molecule has 2 amide bonds. The number of carbonyl (C=O) groups excluding carboxylic acids is 2. The van der Waals surface area contributed by atoms with E-state index in [0.29, 0.717) is 32.7 Å². The molecule has 0 saturated carbocycles. The lowest BCUT2D eigenvalue weighted by atomic mass is 10.0. The second kappa shape index (κ2) is 8.71. The van der Waals surface area contributed by atoms with Crippen molar-refractivity contribution < 1.29 is 9.59 Å². The molecule has 0 fully saturated rings. The van der Waals surface area contributed by atoms with Crippen molar-refractivity contribution in [3.8, 4) is 10.7 Å². The molecule has 1 aliphatic heterocycles. The molecule has 0 saturated heterocycles. The van der Waals surface area contributed by atoms with Crippen molar-refractivity contribution >= 4 is 34.6 Å². The molecular formula is C24H18N6O2S. The Labute approximate surface area is 193 Å². The van der Waals surface area contributed by atoms with Crippen molar-refractivity contribution in [2.24, 2.45) is 4.99 Å². The van der Waals surface area contributed by atoms with Gasteiger partial charge in [-0.25, -0.2) is 9.98 Å². The molecule has 2 aromatic carbocycles. The normalized spacial score (nSPS) is 15.1. The summed E-state index contributed by atoms with van der Waals surface area (Å²) in [6.07, 6.45) is 3.62. The van der Waals surface area contributed by atoms with Crippen molar-refractivity contribution in [3.63, 3.8) is 0 Å². The van der Waals surface area contributed by atoms with Crippen LogP contribution in [0.3, 0.4) is 0 Å². The summed E-state index contributed by atoms with van der Waals surface area (Å²) in [4.78, 5) is 43.9. The molecule has 33 heavy (non-hydrogen) atoms. The molecule has 1 atom stereocenters. The molecule has 0 spiro atoms. The number of fused-ring (bicyclic) bond motifs is 1. The van der Waals surface area contributed by atoms with E-state index in [2.05, 4.69) is 30.6 Å². The van der Waals surface area contributed by atoms with Crippen LogP contribution in [-0.4, -0.2) is 38.6 Å². The quantitative estimate of drug-likeness (QED) is 0.491. The Morgan fingerprint density at radius 3 is 2.64 bits per heavy atom. The average Bonchev–Trinajstić information content (AvgIpc) is 3.18. The van der Waals surface area contributed by atoms with E-state index < -0.39 is 18.0 Å². The van der Waals surface area contributed by atoms with Crippen molar-refractivity contribution in [2.45, 2.75) is 13.1 Å². The number of para-hydroxylation sites is 1. The molecule has 5 rings (SSSR count). The Morgan fingerprint density at radius 1 is 1.06 bits per heavy atom. The number of hydrogen-bond acceptors (Lipinski definition) is 7. The van der Waals surface area contributed by atoms with E-state index in [1.165, 1.54) is 11.3 Å². The van der Waals surface area contributed by atoms with Crippen LogP contribution in [0.2, 0.25) is 0 Å². The Morgan fingerprint density at radius 2 is 1.85 bits per heavy atom. The van der Waals surface area contributed by atoms with Crippen LogP contribution in [0.4, 0.5) is 5.69 Å². The van der Waals surface area contributed by atoms with Crippen LogP contribution in [0.15, 0.2) is 78.2 Å². The van der Waals surface area contributed by atoms with Gasteiger partial charge in [0.15, 0.2) is 0 Å². The number of nitrogens with zero attached hydrogens (tertiary/aromatic N) is 4. The van der Waals surface area contributed by atoms with Gasteiger partial charge in [0.05, 0.1) is 23.3 Å². The van der Waals surface area contributed by atoms with Gasteiger partial charge in [0.25, 0.3) is 11.8 Å². The molecule has 2 N–H and O–H groups in total. The number of anilines is 1. The average molecular weight is 455 g/mol. The Kier molecular flexibility index (Phi) is 5.45. The summed E-state index contributed by atoms with van der Waals surface area (Å²) in [6, 6.07) is 17.0. The van der Waals surface area contributed by atoms with Crippen molar-refractivity contribution in [3.05, 3.63) is 94.9 Å². The van der Waals surface area contributed by atoms with Crippen LogP contribution in [0.1, 0.15) is 26.5 Å². The molecule has 3 heterocycles. The van der Waals surface area contributed by atoms with Gasteiger partial charge in [-0.1, -0.05) is 48.5 Å². The highest BCUT2D eigenvalue weighted by molar-refractivity contribution is 7.17. The number of carbonyl (C=O) groups is 2. The van der Waals surface area contributed by atoms with Gasteiger partial charge in [0.2, 0.25) is 6.17 Å². The minimum absolute atomic E-state index is 0.390. The Hall–Kier alpha value is -4.24. The third kappa shape index (κ3) is 4.13. The number of benzodiazepines with no additional fused rings is 1. The minimum Gasteiger partial charge on any atom is -0.322 e. The molecule has 9 heteroatoms. The summed E-state index contributed by atoms with van der Waals surface area (Å²) >= 11 is 1.19. The van der Waals surface area contributed by atoms with Gasteiger partial charge in [-0.2, -0.15) is 0 Å². The van der Waals surface area contributed by atoms with E-state index in [4.69, 9.17) is 0 Å². The summed E-state index contributed by atoms with van der Waals surface area (Å²) in [7, 11) is 0. The van der Waals surface area contributed by atoms with Crippen LogP contribution in [-0.2, 0) is 4.79 Å². The fraction of sp³-hybridized carbons (Fsp3) is 0.0833. The zero-order valence-corrected chi connectivity index (χ0v) is 18.3. The number of rotatable bonds is 4. The second-order valence-corrected chi connectivity index (χ2v) is 8.28. The number of benzene rings is 2. The van der Waals surface area contributed by atoms with Gasteiger partial charge in [0.1, 0.15) is 15.6 Å². The second-order valence-electron chi connectivity index (χ2n) is 7.28. The lowest BCUT2D eigenvalue weighted by molar-refractivity contribution is -0.117. The number of aryl methyl sites for hydroxylation is 1. The zero-order valence-electron chi connectivity index (χ0n) is 17.5. The highest BCUT2D eigenvalue weighted by Gasteiger charge is 2.28. The first-order valence-electron chi connectivity index (χ1n) is 10.2. The monoisotopic (exact) mass is 454 g/mol. The summed E-state index contributed by atoms with van der Waals surface area (Å²) in [6.45, 7) is 1.74. The largest absolute Gasteiger partial charge is 0.322 e. The summed E-state index contributed by atoms with van der Waals surface area (Å²) in [5, 5.41) is 6.22. The first-order chi connectivity index (χ1) is 16.1. The van der Waals surface area contributed by atoms with Gasteiger partial charge in [-0.05, 0) is 13.0 Å². The number of hydrogen-bond donors (Lipinski definition) is 2. The van der Waals surface area contributed by atoms with Gasteiger partial charge < -0.3 is 10.6 Å². The lowest BCUT2D eigenvalue weighted by Gasteiger charge is -2.13. The first kappa shape index (κ1) is 20.7. The summed E-state index contributed by atoms with van der Waals surface area (Å²) in [5.41, 5.74) is 4.02. The maximum Gasteiger partial charge on any atom is 0.269 e. The molecule has 8 nitrogen and oxygen atoms in total. The predicted octanol–water partition coefficient (Wildman–Crippen LogP) is 3.45. The van der Waals surface area contributed by atoms with E-state index in [1.54, 1.807) is 25.5 Å². The number of aliphatic imine (C=N–C) groups is 1. The SMILES string of the molecule is Cc1nc(-c2cnccn2)sc1C(=O)NC1N=C(c2ccccc2)c2ccccc2NC1=O. The van der Waals surface area contributed by atoms with Gasteiger partial charge in [-0.15, -0.1) is 11.3 Å². The van der Waals surface area contributed by atoms with Crippen molar-refractivity contribution in [1.82, 2.24) is 20.3 Å². The van der Waals surface area contributed by atoms with E-state index in [-0.39, 0.29) is 0 Å². The lowest BCUT2D eigenvalue weighted by Crippen LogP contribution is -2.42. The fourth-order valence-electron chi connectivity index (χ4n) is 3.50. The maximum absolute atomic E-state index is 13.1. The molecular weight excluding hydrogens is 436 g/mol. The molecule has 4 aromatic rings. The third-order valence-electron chi connectivity index (χ3n) is 5.05. The topological polar surface area (TPSA) is 109 Å². The maximum atomic E-state index is 13.1. The van der Waals surface area contributed by atoms with Crippen LogP contribution in [0.25, 0.3) is 10.7 Å². The highest BCUT2D eigenvalue weighted by atomic mass is 32.1. The van der Waals surface area contributed by atoms with E-state index in [9.17, 15) is 9.59 Å². The zero-order chi connectivity index (χ0) is 22.8. The highest BCUT2D eigenvalue weighted by Crippen LogP contribution is 2.27. The molecule has 0 bridgehead atoms. The standard InChI is InChI=1S/C24H18N6O2S/c1-14-20(33-24(27-14)18-13-25-11-12-26-18)22(31)30-21-23(32)28-17-10-6-5-9-16(17)19(29-21)15-7-3-2-4-8-15/h2-13,21H,1H3,(H,28,32)(H,30,31). The number of aromatic nitrogens is 3. The molecule has 0 radical (unpaired) electrons. The smallest absolute Gasteiger partial charge is 0.269 e. The van der Waals surface area contributed by atoms with E-state index >= 15 is 0 Å². The predicted molar refractivity (Wildman–Crippen MR) is 126 cm³/mol. The van der Waals surface area contributed by atoms with Crippen LogP contribution >= 0.6 is 11.3 Å². The van der Waals surface area contributed by atoms with Crippen LogP contribution < -0.4 is 10.6 Å². The fourth-order valence-corrected chi connectivity index (χ4v) is 4.43. The number of amides is 2. The van der Waals surface area contributed by atoms with Gasteiger partial charge in [0, 0.05) is 23.5 Å². The molecule has 1 unspecified atom stereocenters. The van der Waals surface area contributed by atoms with Crippen molar-refractivity contribution in [2.75, 3.05) is 5.32 Å². The Balaban J connectivity index is 1.49. The van der Waals surface area contributed by atoms with Gasteiger partial charge >= 0.3 is 0 Å². The number of thiazole rings is 1. The van der Waals surface area contributed by atoms with Crippen LogP contribution in [0.5, 0.6) is 0 Å². The summed E-state index contributed by atoms with van der Waals surface area (Å²) in [5.74, 6) is -0.847. The minimum atomic E-state index is -1.11. The van der Waals surface area contributed by atoms with Crippen LogP contribution in [0, 0.1) is 6.92 Å². The van der Waals surface area contributed by atoms with Gasteiger partial charge in [-0.3, -0.25) is 19.6 Å². The Bertz CT molecular complexity index is 1370. The molecule has 2 aromatic heterocycles. The van der Waals surface area contributed by atoms with E-state index in [0.717, 1.165) is 11.1 Å². The van der Waals surface area contributed by atoms with Crippen molar-refractivity contribution in [1.29, 1.82) is 0 Å². The third-order valence-corrected chi connectivity index (χ3v) is 6.23. The summed E-state index contributed by atoms with van der Waals surface area (Å²) < 4.78 is 0. The first-order valence-corrected chi connectivity index (χ1v) is 11.0. The molecule has 0 aliphatic carbocycles. The van der Waals surface area contributed by atoms with E-state index in [1.807, 2.05) is 54.6 Å². The molecule has 1 aliphatic rings. The number of nitrogens with one attached hydrogen (secondary N) is 2.